The third-order valence-electron chi connectivity index (χ3n) is 2.66. The number of amides is 2. The highest BCUT2D eigenvalue weighted by Crippen LogP contribution is 2.04. The molecular formula is C14H19N3O4. The highest BCUT2D eigenvalue weighted by Gasteiger charge is 2.16. The zero-order valence-electron chi connectivity index (χ0n) is 12.3. The molecule has 114 valence electrons. The predicted molar refractivity (Wildman–Crippen MR) is 76.0 cm³/mol. The first-order chi connectivity index (χ1) is 9.81. The minimum Gasteiger partial charge on any atom is -0.477 e. The molecule has 0 aliphatic heterocycles. The van der Waals surface area contributed by atoms with Crippen LogP contribution in [0.15, 0.2) is 18.3 Å². The van der Waals surface area contributed by atoms with Gasteiger partial charge in [-0.1, -0.05) is 13.8 Å². The lowest BCUT2D eigenvalue weighted by Crippen LogP contribution is -2.39. The summed E-state index contributed by atoms with van der Waals surface area (Å²) >= 11 is 0. The van der Waals surface area contributed by atoms with Crippen LogP contribution in [0.3, 0.4) is 0 Å². The standard InChI is InChI=1S/C14H19N3O4/c1-9(2)6-16-12(18)8-17(3)13(19)10-4-5-11(14(20)21)15-7-10/h4-5,7,9H,6,8H2,1-3H3,(H,16,18)(H,20,21). The number of hydrogen-bond acceptors (Lipinski definition) is 4. The second kappa shape index (κ2) is 7.37. The Morgan fingerprint density at radius 1 is 1.33 bits per heavy atom. The lowest BCUT2D eigenvalue weighted by atomic mass is 10.2. The molecule has 0 saturated carbocycles. The largest absolute Gasteiger partial charge is 0.477 e. The van der Waals surface area contributed by atoms with Crippen LogP contribution >= 0.6 is 0 Å². The fraction of sp³-hybridized carbons (Fsp3) is 0.429. The van der Waals surface area contributed by atoms with E-state index >= 15 is 0 Å². The number of carboxylic acids is 1. The molecule has 21 heavy (non-hydrogen) atoms. The number of aromatic nitrogens is 1. The van der Waals surface area contributed by atoms with Crippen LogP contribution in [0.1, 0.15) is 34.7 Å². The number of pyridine rings is 1. The van der Waals surface area contributed by atoms with Gasteiger partial charge in [-0.25, -0.2) is 9.78 Å². The van der Waals surface area contributed by atoms with Gasteiger partial charge in [0.2, 0.25) is 5.91 Å². The molecule has 1 heterocycles. The van der Waals surface area contributed by atoms with Crippen LogP contribution in [0.4, 0.5) is 0 Å². The highest BCUT2D eigenvalue weighted by molar-refractivity contribution is 5.96. The second-order valence-electron chi connectivity index (χ2n) is 5.10. The van der Waals surface area contributed by atoms with Gasteiger partial charge in [0.05, 0.1) is 12.1 Å². The van der Waals surface area contributed by atoms with Gasteiger partial charge in [-0.05, 0) is 18.1 Å². The van der Waals surface area contributed by atoms with Crippen LogP contribution in [0.25, 0.3) is 0 Å². The molecule has 0 atom stereocenters. The number of rotatable bonds is 6. The maximum Gasteiger partial charge on any atom is 0.354 e. The van der Waals surface area contributed by atoms with Crippen molar-refractivity contribution in [1.82, 2.24) is 15.2 Å². The van der Waals surface area contributed by atoms with Crippen molar-refractivity contribution in [2.45, 2.75) is 13.8 Å². The number of carbonyl (C=O) groups is 3. The molecule has 7 nitrogen and oxygen atoms in total. The van der Waals surface area contributed by atoms with E-state index in [1.54, 1.807) is 0 Å². The molecule has 0 spiro atoms. The molecule has 0 aromatic carbocycles. The highest BCUT2D eigenvalue weighted by atomic mass is 16.4. The third kappa shape index (κ3) is 5.21. The fourth-order valence-electron chi connectivity index (χ4n) is 1.53. The number of nitrogens with zero attached hydrogens (tertiary/aromatic N) is 2. The van der Waals surface area contributed by atoms with Gasteiger partial charge in [-0.15, -0.1) is 0 Å². The van der Waals surface area contributed by atoms with Crippen molar-refractivity contribution in [2.75, 3.05) is 20.1 Å². The Morgan fingerprint density at radius 2 is 2.00 bits per heavy atom. The SMILES string of the molecule is CC(C)CNC(=O)CN(C)C(=O)c1ccc(C(=O)O)nc1. The minimum absolute atomic E-state index is 0.0633. The molecule has 0 fully saturated rings. The smallest absolute Gasteiger partial charge is 0.354 e. The van der Waals surface area contributed by atoms with Gasteiger partial charge in [0, 0.05) is 19.8 Å². The zero-order chi connectivity index (χ0) is 16.0. The van der Waals surface area contributed by atoms with E-state index in [4.69, 9.17) is 5.11 Å². The third-order valence-corrected chi connectivity index (χ3v) is 2.66. The molecule has 0 saturated heterocycles. The summed E-state index contributed by atoms with van der Waals surface area (Å²) in [6.45, 7) is 4.44. The van der Waals surface area contributed by atoms with Crippen molar-refractivity contribution in [3.05, 3.63) is 29.6 Å². The topological polar surface area (TPSA) is 99.6 Å². The quantitative estimate of drug-likeness (QED) is 0.801. The summed E-state index contributed by atoms with van der Waals surface area (Å²) in [5.41, 5.74) is 0.100. The molecule has 1 aromatic rings. The molecule has 0 unspecified atom stereocenters. The monoisotopic (exact) mass is 293 g/mol. The van der Waals surface area contributed by atoms with Gasteiger partial charge in [-0.2, -0.15) is 0 Å². The summed E-state index contributed by atoms with van der Waals surface area (Å²) in [7, 11) is 1.50. The van der Waals surface area contributed by atoms with Gasteiger partial charge in [0.25, 0.3) is 5.91 Å². The van der Waals surface area contributed by atoms with Crippen molar-refractivity contribution in [3.63, 3.8) is 0 Å². The van der Waals surface area contributed by atoms with Crippen LogP contribution < -0.4 is 5.32 Å². The Morgan fingerprint density at radius 3 is 2.48 bits per heavy atom. The molecule has 0 bridgehead atoms. The summed E-state index contributed by atoms with van der Waals surface area (Å²) in [4.78, 5) is 39.3. The molecule has 1 rings (SSSR count). The summed E-state index contributed by atoms with van der Waals surface area (Å²) < 4.78 is 0. The first-order valence-electron chi connectivity index (χ1n) is 6.52. The van der Waals surface area contributed by atoms with E-state index in [9.17, 15) is 14.4 Å². The van der Waals surface area contributed by atoms with Gasteiger partial charge in [-0.3, -0.25) is 9.59 Å². The number of carboxylic acid groups (broad SMARTS) is 1. The maximum absolute atomic E-state index is 12.1. The molecule has 0 radical (unpaired) electrons. The van der Waals surface area contributed by atoms with E-state index in [2.05, 4.69) is 10.3 Å². The normalized spacial score (nSPS) is 10.3. The van der Waals surface area contributed by atoms with Gasteiger partial charge in [0.15, 0.2) is 0 Å². The zero-order valence-corrected chi connectivity index (χ0v) is 12.3. The van der Waals surface area contributed by atoms with E-state index in [1.807, 2.05) is 13.8 Å². The number of aromatic carboxylic acids is 1. The van der Waals surface area contributed by atoms with Crippen molar-refractivity contribution in [2.24, 2.45) is 5.92 Å². The van der Waals surface area contributed by atoms with Gasteiger partial charge in [0.1, 0.15) is 5.69 Å². The van der Waals surface area contributed by atoms with E-state index in [-0.39, 0.29) is 29.6 Å². The van der Waals surface area contributed by atoms with Crippen molar-refractivity contribution in [1.29, 1.82) is 0 Å². The van der Waals surface area contributed by atoms with Gasteiger partial charge < -0.3 is 15.3 Å². The Labute approximate surface area is 123 Å². The number of carbonyl (C=O) groups excluding carboxylic acids is 2. The van der Waals surface area contributed by atoms with E-state index in [0.29, 0.717) is 12.5 Å². The Bertz CT molecular complexity index is 526. The maximum atomic E-state index is 12.1. The van der Waals surface area contributed by atoms with Crippen LogP contribution in [0.2, 0.25) is 0 Å². The lowest BCUT2D eigenvalue weighted by Gasteiger charge is -2.17. The molecule has 7 heteroatoms. The number of hydrogen-bond donors (Lipinski definition) is 2. The van der Waals surface area contributed by atoms with Crippen LogP contribution in [0.5, 0.6) is 0 Å². The molecule has 0 aliphatic rings. The lowest BCUT2D eigenvalue weighted by molar-refractivity contribution is -0.121. The second-order valence-corrected chi connectivity index (χ2v) is 5.10. The van der Waals surface area contributed by atoms with Gasteiger partial charge >= 0.3 is 5.97 Å². The van der Waals surface area contributed by atoms with Crippen LogP contribution in [0, 0.1) is 5.92 Å². The van der Waals surface area contributed by atoms with E-state index in [1.165, 1.54) is 30.3 Å². The summed E-state index contributed by atoms with van der Waals surface area (Å²) in [6, 6.07) is 2.63. The fourth-order valence-corrected chi connectivity index (χ4v) is 1.53. The first-order valence-corrected chi connectivity index (χ1v) is 6.52. The molecule has 1 aromatic heterocycles. The first kappa shape index (κ1) is 16.6. The van der Waals surface area contributed by atoms with E-state index < -0.39 is 5.97 Å². The molecular weight excluding hydrogens is 274 g/mol. The number of likely N-dealkylation sites (N-methyl/N-ethyl adjacent to an activating group) is 1. The summed E-state index contributed by atoms with van der Waals surface area (Å²) in [6.07, 6.45) is 1.19. The Balaban J connectivity index is 2.61. The van der Waals surface area contributed by atoms with Crippen LogP contribution in [-0.4, -0.2) is 52.9 Å². The summed E-state index contributed by atoms with van der Waals surface area (Å²) in [5, 5.41) is 11.5. The molecule has 0 aliphatic carbocycles. The minimum atomic E-state index is -1.16. The molecule has 2 N–H and O–H groups in total. The predicted octanol–water partition coefficient (Wildman–Crippen LogP) is 0.624. The average molecular weight is 293 g/mol. The number of nitrogens with one attached hydrogen (secondary N) is 1. The Hall–Kier alpha value is -2.44. The van der Waals surface area contributed by atoms with E-state index in [0.717, 1.165) is 0 Å². The van der Waals surface area contributed by atoms with Crippen molar-refractivity contribution in [3.8, 4) is 0 Å². The van der Waals surface area contributed by atoms with Crippen LogP contribution in [-0.2, 0) is 4.79 Å². The Kier molecular flexibility index (Phi) is 5.83. The average Bonchev–Trinajstić information content (AvgIpc) is 2.44. The van der Waals surface area contributed by atoms with Crippen molar-refractivity contribution < 1.29 is 19.5 Å². The van der Waals surface area contributed by atoms with Crippen molar-refractivity contribution >= 4 is 17.8 Å². The summed E-state index contributed by atoms with van der Waals surface area (Å²) in [5.74, 6) is -1.45. The molecule has 2 amide bonds.